The van der Waals surface area contributed by atoms with Gasteiger partial charge < -0.3 is 4.74 Å². The van der Waals surface area contributed by atoms with E-state index < -0.39 is 12.0 Å². The molecule has 1 heterocycles. The van der Waals surface area contributed by atoms with Gasteiger partial charge in [0.05, 0.1) is 0 Å². The summed E-state index contributed by atoms with van der Waals surface area (Å²) in [5.41, 5.74) is 2.28. The zero-order valence-electron chi connectivity index (χ0n) is 16.3. The van der Waals surface area contributed by atoms with Gasteiger partial charge in [0.1, 0.15) is 5.75 Å². The van der Waals surface area contributed by atoms with Crippen molar-refractivity contribution in [3.05, 3.63) is 64.2 Å². The van der Waals surface area contributed by atoms with Gasteiger partial charge in [-0.05, 0) is 66.8 Å². The molecule has 4 heteroatoms. The van der Waals surface area contributed by atoms with E-state index in [1.54, 1.807) is 24.3 Å². The van der Waals surface area contributed by atoms with Gasteiger partial charge >= 0.3 is 0 Å². The molecule has 28 heavy (non-hydrogen) atoms. The van der Waals surface area contributed by atoms with Crippen molar-refractivity contribution in [2.24, 2.45) is 5.92 Å². The van der Waals surface area contributed by atoms with Crippen molar-refractivity contribution in [1.82, 2.24) is 0 Å². The van der Waals surface area contributed by atoms with Crippen LogP contribution in [0.5, 0.6) is 5.75 Å². The summed E-state index contributed by atoms with van der Waals surface area (Å²) >= 11 is 5.89. The minimum absolute atomic E-state index is 0.283. The summed E-state index contributed by atoms with van der Waals surface area (Å²) in [6.45, 7) is 2.24. The number of halogens is 3. The Bertz CT molecular complexity index is 810. The largest absolute Gasteiger partial charge is 0.479 e. The third-order valence-electron chi connectivity index (χ3n) is 6.33. The van der Waals surface area contributed by atoms with Crippen LogP contribution in [0.2, 0.25) is 5.02 Å². The van der Waals surface area contributed by atoms with Crippen LogP contribution in [-0.2, 0) is 6.42 Å². The van der Waals surface area contributed by atoms with E-state index in [1.165, 1.54) is 31.2 Å². The lowest BCUT2D eigenvalue weighted by Crippen LogP contribution is -2.36. The Kier molecular flexibility index (Phi) is 5.64. The van der Waals surface area contributed by atoms with Crippen molar-refractivity contribution in [3.8, 4) is 5.75 Å². The van der Waals surface area contributed by atoms with Crippen LogP contribution in [0.25, 0.3) is 0 Å². The van der Waals surface area contributed by atoms with E-state index >= 15 is 0 Å². The maximum atomic E-state index is 14.9. The van der Waals surface area contributed by atoms with Gasteiger partial charge in [0.15, 0.2) is 6.10 Å². The molecule has 1 atom stereocenters. The fourth-order valence-corrected chi connectivity index (χ4v) is 4.93. The number of hydrogen-bond acceptors (Lipinski definition) is 1. The Morgan fingerprint density at radius 1 is 1.00 bits per heavy atom. The minimum Gasteiger partial charge on any atom is -0.479 e. The first kappa shape index (κ1) is 19.7. The fraction of sp³-hybridized carbons (Fsp3) is 0.500. The molecule has 0 N–H and O–H groups in total. The number of benzene rings is 2. The Morgan fingerprint density at radius 2 is 1.68 bits per heavy atom. The van der Waals surface area contributed by atoms with Gasteiger partial charge in [-0.1, -0.05) is 55.6 Å². The highest BCUT2D eigenvalue weighted by Crippen LogP contribution is 2.46. The molecule has 4 rings (SSSR count). The minimum atomic E-state index is -2.95. The van der Waals surface area contributed by atoms with E-state index in [9.17, 15) is 8.78 Å². The molecule has 0 saturated heterocycles. The van der Waals surface area contributed by atoms with E-state index in [0.29, 0.717) is 27.8 Å². The third-order valence-corrected chi connectivity index (χ3v) is 6.58. The zero-order valence-corrected chi connectivity index (χ0v) is 17.0. The SMILES string of the molecule is CCCC1CCC(c2ccc3c(c2)CC(F)(F)C(c2ccc(Cl)cc2)O3)CC1. The first-order chi connectivity index (χ1) is 13.5. The molecule has 0 spiro atoms. The van der Waals surface area contributed by atoms with Crippen molar-refractivity contribution >= 4 is 11.6 Å². The number of alkyl halides is 2. The van der Waals surface area contributed by atoms with E-state index in [4.69, 9.17) is 16.3 Å². The third kappa shape index (κ3) is 4.05. The van der Waals surface area contributed by atoms with Crippen LogP contribution in [0.1, 0.15) is 74.2 Å². The molecule has 2 aromatic carbocycles. The van der Waals surface area contributed by atoms with Gasteiger partial charge in [-0.3, -0.25) is 0 Å². The predicted octanol–water partition coefficient (Wildman–Crippen LogP) is 7.73. The van der Waals surface area contributed by atoms with Crippen molar-refractivity contribution in [2.45, 2.75) is 69.8 Å². The zero-order chi connectivity index (χ0) is 19.7. The molecule has 0 aromatic heterocycles. The Balaban J connectivity index is 1.52. The van der Waals surface area contributed by atoms with Gasteiger partial charge in [0, 0.05) is 17.0 Å². The highest BCUT2D eigenvalue weighted by Gasteiger charge is 2.46. The van der Waals surface area contributed by atoms with Crippen LogP contribution in [0.3, 0.4) is 0 Å². The van der Waals surface area contributed by atoms with Gasteiger partial charge in [-0.15, -0.1) is 0 Å². The summed E-state index contributed by atoms with van der Waals surface area (Å²) in [6, 6.07) is 12.4. The second-order valence-electron chi connectivity index (χ2n) is 8.36. The first-order valence-electron chi connectivity index (χ1n) is 10.4. The van der Waals surface area contributed by atoms with Crippen molar-refractivity contribution < 1.29 is 13.5 Å². The molecule has 1 aliphatic heterocycles. The summed E-state index contributed by atoms with van der Waals surface area (Å²) < 4.78 is 35.5. The van der Waals surface area contributed by atoms with E-state index in [2.05, 4.69) is 13.0 Å². The molecule has 1 nitrogen and oxygen atoms in total. The molecule has 0 bridgehead atoms. The first-order valence-corrected chi connectivity index (χ1v) is 10.8. The summed E-state index contributed by atoms with van der Waals surface area (Å²) in [4.78, 5) is 0. The van der Waals surface area contributed by atoms with E-state index in [1.807, 2.05) is 12.1 Å². The number of ether oxygens (including phenoxy) is 1. The molecule has 2 aromatic rings. The molecule has 1 unspecified atom stereocenters. The summed E-state index contributed by atoms with van der Waals surface area (Å²) in [6.07, 6.45) is 5.82. The molecule has 2 aliphatic rings. The maximum absolute atomic E-state index is 14.9. The number of fused-ring (bicyclic) bond motifs is 1. The predicted molar refractivity (Wildman–Crippen MR) is 110 cm³/mol. The number of rotatable bonds is 4. The maximum Gasteiger partial charge on any atom is 0.292 e. The Hall–Kier alpha value is -1.61. The lowest BCUT2D eigenvalue weighted by Gasteiger charge is -2.35. The van der Waals surface area contributed by atoms with Crippen molar-refractivity contribution in [1.29, 1.82) is 0 Å². The van der Waals surface area contributed by atoms with Crippen LogP contribution in [-0.4, -0.2) is 5.92 Å². The molecule has 0 radical (unpaired) electrons. The normalized spacial score (nSPS) is 26.4. The second kappa shape index (κ2) is 8.02. The van der Waals surface area contributed by atoms with Crippen LogP contribution >= 0.6 is 11.6 Å². The van der Waals surface area contributed by atoms with E-state index in [-0.39, 0.29) is 6.42 Å². The monoisotopic (exact) mass is 404 g/mol. The van der Waals surface area contributed by atoms with Crippen LogP contribution in [0.15, 0.2) is 42.5 Å². The molecular formula is C24H27ClF2O. The van der Waals surface area contributed by atoms with Gasteiger partial charge in [-0.2, -0.15) is 0 Å². The van der Waals surface area contributed by atoms with Crippen LogP contribution < -0.4 is 4.74 Å². The topological polar surface area (TPSA) is 9.23 Å². The lowest BCUT2D eigenvalue weighted by molar-refractivity contribution is -0.109. The average Bonchev–Trinajstić information content (AvgIpc) is 2.68. The second-order valence-corrected chi connectivity index (χ2v) is 8.80. The highest BCUT2D eigenvalue weighted by atomic mass is 35.5. The average molecular weight is 405 g/mol. The van der Waals surface area contributed by atoms with Gasteiger partial charge in [0.2, 0.25) is 0 Å². The van der Waals surface area contributed by atoms with Gasteiger partial charge in [-0.25, -0.2) is 8.78 Å². The standard InChI is InChI=1S/C24H27ClF2O/c1-2-3-16-4-6-17(7-5-16)19-10-13-22-20(14-19)15-24(26,27)23(28-22)18-8-11-21(25)12-9-18/h8-14,16-17,23H,2-7,15H2,1H3. The summed E-state index contributed by atoms with van der Waals surface area (Å²) in [7, 11) is 0. The smallest absolute Gasteiger partial charge is 0.292 e. The molecule has 1 aliphatic carbocycles. The highest BCUT2D eigenvalue weighted by molar-refractivity contribution is 6.30. The molecule has 0 amide bonds. The Morgan fingerprint density at radius 3 is 2.36 bits per heavy atom. The Labute approximate surface area is 171 Å². The van der Waals surface area contributed by atoms with Crippen molar-refractivity contribution in [2.75, 3.05) is 0 Å². The lowest BCUT2D eigenvalue weighted by atomic mass is 9.76. The van der Waals surface area contributed by atoms with Crippen molar-refractivity contribution in [3.63, 3.8) is 0 Å². The van der Waals surface area contributed by atoms with Crippen LogP contribution in [0.4, 0.5) is 8.78 Å². The fourth-order valence-electron chi connectivity index (χ4n) is 4.81. The van der Waals surface area contributed by atoms with Gasteiger partial charge in [0.25, 0.3) is 5.92 Å². The molecule has 150 valence electrons. The molecular weight excluding hydrogens is 378 g/mol. The quantitative estimate of drug-likeness (QED) is 0.506. The number of hydrogen-bond donors (Lipinski definition) is 0. The molecule has 1 fully saturated rings. The van der Waals surface area contributed by atoms with E-state index in [0.717, 1.165) is 18.8 Å². The summed E-state index contributed by atoms with van der Waals surface area (Å²) in [5, 5.41) is 0.529. The van der Waals surface area contributed by atoms with Crippen LogP contribution in [0, 0.1) is 5.92 Å². The molecule has 1 saturated carbocycles. The summed E-state index contributed by atoms with van der Waals surface area (Å²) in [5.74, 6) is -1.04.